The number of benzene rings is 2. The lowest BCUT2D eigenvalue weighted by Crippen LogP contribution is -2.59. The molecule has 2 heterocycles. The van der Waals surface area contributed by atoms with Crippen LogP contribution in [-0.4, -0.2) is 34.4 Å². The number of H-pyrrole nitrogens is 1. The number of hydrogen-bond donors (Lipinski definition) is 3. The number of rotatable bonds is 10. The topological polar surface area (TPSA) is 96.1 Å². The van der Waals surface area contributed by atoms with E-state index in [9.17, 15) is 9.59 Å². The molecule has 2 amide bonds. The van der Waals surface area contributed by atoms with Crippen molar-refractivity contribution in [2.24, 2.45) is 5.92 Å². The van der Waals surface area contributed by atoms with E-state index in [1.54, 1.807) is 13.3 Å². The van der Waals surface area contributed by atoms with Gasteiger partial charge in [-0.25, -0.2) is 0 Å². The Labute approximate surface area is 235 Å². The highest BCUT2D eigenvalue weighted by atomic mass is 16.5. The Kier molecular flexibility index (Phi) is 8.48. The highest BCUT2D eigenvalue weighted by Gasteiger charge is 2.39. The van der Waals surface area contributed by atoms with Crippen LogP contribution >= 0.6 is 0 Å². The Balaban J connectivity index is 1.42. The van der Waals surface area contributed by atoms with Crippen molar-refractivity contribution < 1.29 is 14.3 Å². The summed E-state index contributed by atoms with van der Waals surface area (Å²) in [5.74, 6) is 0.618. The first-order valence-electron chi connectivity index (χ1n) is 14.2. The van der Waals surface area contributed by atoms with E-state index in [1.165, 1.54) is 6.42 Å². The van der Waals surface area contributed by atoms with Crippen LogP contribution in [0.1, 0.15) is 61.9 Å². The molecule has 2 unspecified atom stereocenters. The molecule has 2 atom stereocenters. The van der Waals surface area contributed by atoms with Gasteiger partial charge in [-0.15, -0.1) is 0 Å². The number of aromatic amines is 1. The molecule has 2 aromatic heterocycles. The number of fused-ring (bicyclic) bond motifs is 1. The highest BCUT2D eigenvalue weighted by Crippen LogP contribution is 2.34. The molecule has 7 heteroatoms. The summed E-state index contributed by atoms with van der Waals surface area (Å²) < 4.78 is 5.24. The highest BCUT2D eigenvalue weighted by molar-refractivity contribution is 5.93. The van der Waals surface area contributed by atoms with Crippen molar-refractivity contribution in [3.8, 4) is 5.75 Å². The lowest BCUT2D eigenvalue weighted by molar-refractivity contribution is -0.133. The van der Waals surface area contributed by atoms with Crippen molar-refractivity contribution in [2.45, 2.75) is 63.5 Å². The fourth-order valence-corrected chi connectivity index (χ4v) is 5.88. The number of aromatic nitrogens is 2. The monoisotopic (exact) mass is 538 g/mol. The van der Waals surface area contributed by atoms with Crippen molar-refractivity contribution in [1.29, 1.82) is 0 Å². The number of methoxy groups -OCH3 is 1. The number of nitrogens with one attached hydrogen (secondary N) is 3. The average Bonchev–Trinajstić information content (AvgIpc) is 3.39. The molecule has 3 N–H and O–H groups in total. The average molecular weight is 539 g/mol. The van der Waals surface area contributed by atoms with E-state index in [4.69, 9.17) is 4.74 Å². The molecule has 7 nitrogen and oxygen atoms in total. The maximum absolute atomic E-state index is 14.2. The zero-order valence-electron chi connectivity index (χ0n) is 23.3. The van der Waals surface area contributed by atoms with Crippen molar-refractivity contribution in [2.75, 3.05) is 7.11 Å². The van der Waals surface area contributed by atoms with Gasteiger partial charge in [0.1, 0.15) is 11.3 Å². The van der Waals surface area contributed by atoms with Gasteiger partial charge in [0.25, 0.3) is 0 Å². The van der Waals surface area contributed by atoms with E-state index >= 15 is 0 Å². The molecule has 1 fully saturated rings. The van der Waals surface area contributed by atoms with Gasteiger partial charge in [-0.05, 0) is 67.1 Å². The number of pyridine rings is 1. The van der Waals surface area contributed by atoms with Gasteiger partial charge in [0, 0.05) is 29.7 Å². The Bertz CT molecular complexity index is 1430. The van der Waals surface area contributed by atoms with Crippen LogP contribution in [0, 0.1) is 5.92 Å². The third kappa shape index (κ3) is 6.36. The Morgan fingerprint density at radius 1 is 1.02 bits per heavy atom. The summed E-state index contributed by atoms with van der Waals surface area (Å²) in [6.45, 7) is 1.83. The number of carbonyl (C=O) groups is 2. The normalized spacial score (nSPS) is 16.1. The first kappa shape index (κ1) is 27.4. The van der Waals surface area contributed by atoms with E-state index in [0.29, 0.717) is 12.3 Å². The lowest BCUT2D eigenvalue weighted by Gasteiger charge is -2.35. The fourth-order valence-electron chi connectivity index (χ4n) is 5.88. The van der Waals surface area contributed by atoms with E-state index in [2.05, 4.69) is 20.6 Å². The Hall–Kier alpha value is -4.13. The number of amides is 2. The van der Waals surface area contributed by atoms with Crippen LogP contribution in [0.15, 0.2) is 79.1 Å². The lowest BCUT2D eigenvalue weighted by atomic mass is 9.81. The predicted octanol–water partition coefficient (Wildman–Crippen LogP) is 5.67. The van der Waals surface area contributed by atoms with Gasteiger partial charge in [-0.2, -0.15) is 0 Å². The van der Waals surface area contributed by atoms with E-state index in [0.717, 1.165) is 59.2 Å². The molecule has 0 saturated heterocycles. The minimum Gasteiger partial charge on any atom is -0.497 e. The molecule has 2 aromatic carbocycles. The largest absolute Gasteiger partial charge is 0.497 e. The van der Waals surface area contributed by atoms with Crippen molar-refractivity contribution in [3.05, 3.63) is 95.9 Å². The minimum atomic E-state index is -1.18. The van der Waals surface area contributed by atoms with Gasteiger partial charge in [0.05, 0.1) is 25.3 Å². The number of carbonyl (C=O) groups excluding carboxylic acids is 2. The van der Waals surface area contributed by atoms with Crippen molar-refractivity contribution in [1.82, 2.24) is 20.6 Å². The van der Waals surface area contributed by atoms with Crippen LogP contribution in [0.25, 0.3) is 10.9 Å². The molecular weight excluding hydrogens is 500 g/mol. The van der Waals surface area contributed by atoms with E-state index in [1.807, 2.05) is 79.9 Å². The van der Waals surface area contributed by atoms with Gasteiger partial charge in [0.15, 0.2) is 0 Å². The van der Waals surface area contributed by atoms with Crippen LogP contribution in [0.4, 0.5) is 0 Å². The zero-order valence-corrected chi connectivity index (χ0v) is 23.3. The predicted molar refractivity (Wildman–Crippen MR) is 157 cm³/mol. The van der Waals surface area contributed by atoms with E-state index < -0.39 is 5.54 Å². The molecule has 0 spiro atoms. The Morgan fingerprint density at radius 3 is 2.50 bits per heavy atom. The molecule has 1 aliphatic carbocycles. The van der Waals surface area contributed by atoms with Crippen LogP contribution in [0.2, 0.25) is 0 Å². The van der Waals surface area contributed by atoms with Crippen LogP contribution in [0.5, 0.6) is 5.75 Å². The third-order valence-electron chi connectivity index (χ3n) is 8.07. The maximum atomic E-state index is 14.2. The SMILES string of the molecule is COc1ccc(CC(=O)NC(C)(Cc2c[nH]c3ccccc23)C(=O)NC(c2ccccn2)C2CCCCC2)cc1. The Morgan fingerprint density at radius 2 is 1.77 bits per heavy atom. The minimum absolute atomic E-state index is 0.160. The summed E-state index contributed by atoms with van der Waals surface area (Å²) in [5, 5.41) is 7.50. The van der Waals surface area contributed by atoms with Crippen LogP contribution in [0.3, 0.4) is 0 Å². The molecular formula is C33H38N4O3. The van der Waals surface area contributed by atoms with Crippen molar-refractivity contribution >= 4 is 22.7 Å². The number of ether oxygens (including phenoxy) is 1. The van der Waals surface area contributed by atoms with Gasteiger partial charge in [0.2, 0.25) is 11.8 Å². The third-order valence-corrected chi connectivity index (χ3v) is 8.07. The second-order valence-corrected chi connectivity index (χ2v) is 11.0. The molecule has 1 saturated carbocycles. The van der Waals surface area contributed by atoms with Gasteiger partial charge >= 0.3 is 0 Å². The summed E-state index contributed by atoms with van der Waals surface area (Å²) >= 11 is 0. The summed E-state index contributed by atoms with van der Waals surface area (Å²) in [6, 6.07) is 21.1. The summed E-state index contributed by atoms with van der Waals surface area (Å²) in [7, 11) is 1.61. The number of nitrogens with zero attached hydrogens (tertiary/aromatic N) is 1. The second-order valence-electron chi connectivity index (χ2n) is 11.0. The molecule has 208 valence electrons. The number of para-hydroxylation sites is 1. The van der Waals surface area contributed by atoms with Gasteiger partial charge in [-0.1, -0.05) is 55.7 Å². The molecule has 4 aromatic rings. The first-order valence-corrected chi connectivity index (χ1v) is 14.2. The standard InChI is InChI=1S/C33H38N4O3/c1-33(21-25-22-35-28-13-7-6-12-27(25)28,37-30(38)20-23-15-17-26(40-2)18-16-23)32(39)36-31(24-10-4-3-5-11-24)29-14-8-9-19-34-29/h6-9,12-19,22,24,31,35H,3-5,10-11,20-21H2,1-2H3,(H,36,39)(H,37,38). The molecule has 40 heavy (non-hydrogen) atoms. The van der Waals surface area contributed by atoms with Gasteiger partial charge < -0.3 is 20.4 Å². The summed E-state index contributed by atoms with van der Waals surface area (Å²) in [4.78, 5) is 35.6. The first-order chi connectivity index (χ1) is 19.4. The van der Waals surface area contributed by atoms with Crippen LogP contribution in [-0.2, 0) is 22.4 Å². The second kappa shape index (κ2) is 12.4. The molecule has 0 bridgehead atoms. The summed E-state index contributed by atoms with van der Waals surface area (Å²) in [5.41, 5.74) is 2.50. The molecule has 0 aliphatic heterocycles. The fraction of sp³-hybridized carbons (Fsp3) is 0.364. The zero-order chi connectivity index (χ0) is 28.0. The maximum Gasteiger partial charge on any atom is 0.246 e. The van der Waals surface area contributed by atoms with Crippen LogP contribution < -0.4 is 15.4 Å². The van der Waals surface area contributed by atoms with Crippen molar-refractivity contribution in [3.63, 3.8) is 0 Å². The number of hydrogen-bond acceptors (Lipinski definition) is 4. The molecule has 1 aliphatic rings. The quantitative estimate of drug-likeness (QED) is 0.242. The van der Waals surface area contributed by atoms with E-state index in [-0.39, 0.29) is 24.3 Å². The summed E-state index contributed by atoms with van der Waals surface area (Å²) in [6.07, 6.45) is 9.82. The van der Waals surface area contributed by atoms with Gasteiger partial charge in [-0.3, -0.25) is 14.6 Å². The molecule has 0 radical (unpaired) electrons. The molecule has 5 rings (SSSR count). The smallest absolute Gasteiger partial charge is 0.246 e.